The number of benzene rings is 1. The molecule has 0 bridgehead atoms. The van der Waals surface area contributed by atoms with Crippen LogP contribution < -0.4 is 5.69 Å². The highest BCUT2D eigenvalue weighted by Crippen LogP contribution is 2.22. The Kier molecular flexibility index (Phi) is 3.74. The molecule has 0 saturated carbocycles. The molecule has 0 aliphatic carbocycles. The zero-order chi connectivity index (χ0) is 14.0. The average molecular weight is 262 g/mol. The highest BCUT2D eigenvalue weighted by molar-refractivity contribution is 5.92. The van der Waals surface area contributed by atoms with Crippen molar-refractivity contribution in [3.63, 3.8) is 0 Å². The number of hydrogen-bond donors (Lipinski definition) is 2. The maximum atomic E-state index is 12.1. The van der Waals surface area contributed by atoms with Crippen LogP contribution in [0.1, 0.15) is 49.5 Å². The summed E-state index contributed by atoms with van der Waals surface area (Å²) in [5.74, 6) is -0.990. The minimum absolute atomic E-state index is 0.155. The Morgan fingerprint density at radius 2 is 2.16 bits per heavy atom. The lowest BCUT2D eigenvalue weighted by Crippen LogP contribution is -2.21. The largest absolute Gasteiger partial charge is 0.478 e. The minimum atomic E-state index is -0.990. The number of rotatable bonds is 5. The average Bonchev–Trinajstić information content (AvgIpc) is 2.71. The number of fused-ring (bicyclic) bond motifs is 1. The fourth-order valence-corrected chi connectivity index (χ4v) is 2.48. The topological polar surface area (TPSA) is 75.1 Å². The van der Waals surface area contributed by atoms with E-state index in [1.165, 1.54) is 12.1 Å². The Morgan fingerprint density at radius 1 is 1.42 bits per heavy atom. The first-order valence-electron chi connectivity index (χ1n) is 6.56. The third kappa shape index (κ3) is 2.41. The van der Waals surface area contributed by atoms with E-state index in [0.29, 0.717) is 5.52 Å². The molecule has 0 radical (unpaired) electrons. The first kappa shape index (κ1) is 13.4. The summed E-state index contributed by atoms with van der Waals surface area (Å²) in [7, 11) is 0. The highest BCUT2D eigenvalue weighted by atomic mass is 16.4. The number of aromatic carboxylic acids is 1. The van der Waals surface area contributed by atoms with Crippen molar-refractivity contribution >= 4 is 17.0 Å². The fourth-order valence-electron chi connectivity index (χ4n) is 2.48. The number of imidazole rings is 1. The van der Waals surface area contributed by atoms with Gasteiger partial charge in [-0.05, 0) is 31.0 Å². The first-order valence-corrected chi connectivity index (χ1v) is 6.56. The monoisotopic (exact) mass is 262 g/mol. The molecule has 102 valence electrons. The molecule has 5 heteroatoms. The standard InChI is InChI=1S/C14H18N2O3/c1-3-5-10(4-2)16-12-7-6-9(13(17)18)8-11(12)15-14(16)19/h6-8,10H,3-5H2,1-2H3,(H,15,19)(H,17,18). The Balaban J connectivity index is 2.59. The van der Waals surface area contributed by atoms with Gasteiger partial charge in [0.15, 0.2) is 0 Å². The second-order valence-electron chi connectivity index (χ2n) is 4.69. The van der Waals surface area contributed by atoms with Crippen molar-refractivity contribution in [2.24, 2.45) is 0 Å². The number of carboxylic acid groups (broad SMARTS) is 1. The number of nitrogens with zero attached hydrogens (tertiary/aromatic N) is 1. The van der Waals surface area contributed by atoms with Gasteiger partial charge in [0.25, 0.3) is 0 Å². The van der Waals surface area contributed by atoms with Crippen LogP contribution in [0.2, 0.25) is 0 Å². The molecule has 1 heterocycles. The van der Waals surface area contributed by atoms with Gasteiger partial charge in [-0.3, -0.25) is 4.57 Å². The van der Waals surface area contributed by atoms with Crippen molar-refractivity contribution < 1.29 is 9.90 Å². The lowest BCUT2D eigenvalue weighted by molar-refractivity contribution is 0.0697. The predicted octanol–water partition coefficient (Wildman–Crippen LogP) is 2.78. The van der Waals surface area contributed by atoms with Gasteiger partial charge in [-0.25, -0.2) is 9.59 Å². The summed E-state index contributed by atoms with van der Waals surface area (Å²) in [6, 6.07) is 4.90. The van der Waals surface area contributed by atoms with Crippen molar-refractivity contribution in [2.75, 3.05) is 0 Å². The summed E-state index contributed by atoms with van der Waals surface area (Å²) in [4.78, 5) is 25.7. The summed E-state index contributed by atoms with van der Waals surface area (Å²) in [6.45, 7) is 4.14. The molecule has 0 aliphatic rings. The molecular formula is C14H18N2O3. The minimum Gasteiger partial charge on any atom is -0.478 e. The summed E-state index contributed by atoms with van der Waals surface area (Å²) in [5, 5.41) is 8.96. The number of hydrogen-bond acceptors (Lipinski definition) is 2. The van der Waals surface area contributed by atoms with Gasteiger partial charge in [0.1, 0.15) is 0 Å². The van der Waals surface area contributed by atoms with E-state index in [1.807, 2.05) is 0 Å². The van der Waals surface area contributed by atoms with Crippen LogP contribution in [-0.4, -0.2) is 20.6 Å². The van der Waals surface area contributed by atoms with Crippen LogP contribution >= 0.6 is 0 Å². The maximum absolute atomic E-state index is 12.1. The third-order valence-corrected chi connectivity index (χ3v) is 3.42. The highest BCUT2D eigenvalue weighted by Gasteiger charge is 2.16. The van der Waals surface area contributed by atoms with Gasteiger partial charge in [-0.2, -0.15) is 0 Å². The molecule has 0 spiro atoms. The van der Waals surface area contributed by atoms with Gasteiger partial charge in [-0.15, -0.1) is 0 Å². The van der Waals surface area contributed by atoms with E-state index in [9.17, 15) is 9.59 Å². The number of aromatic nitrogens is 2. The summed E-state index contributed by atoms with van der Waals surface area (Å²) in [6.07, 6.45) is 2.82. The van der Waals surface area contributed by atoms with Crippen LogP contribution in [0.4, 0.5) is 0 Å². The molecule has 19 heavy (non-hydrogen) atoms. The number of carboxylic acids is 1. The van der Waals surface area contributed by atoms with Crippen molar-refractivity contribution in [3.05, 3.63) is 34.2 Å². The van der Waals surface area contributed by atoms with Gasteiger partial charge in [0, 0.05) is 6.04 Å². The Labute approximate surface area is 110 Å². The van der Waals surface area contributed by atoms with Gasteiger partial charge >= 0.3 is 11.7 Å². The molecule has 1 aromatic heterocycles. The van der Waals surface area contributed by atoms with E-state index in [4.69, 9.17) is 5.11 Å². The SMILES string of the molecule is CCCC(CC)n1c(=O)[nH]c2cc(C(=O)O)ccc21. The molecule has 5 nitrogen and oxygen atoms in total. The Bertz CT molecular complexity index is 654. The van der Waals surface area contributed by atoms with E-state index in [0.717, 1.165) is 24.8 Å². The van der Waals surface area contributed by atoms with Crippen LogP contribution in [0.3, 0.4) is 0 Å². The molecule has 1 atom stereocenters. The van der Waals surface area contributed by atoms with Crippen LogP contribution in [0.25, 0.3) is 11.0 Å². The predicted molar refractivity (Wildman–Crippen MR) is 73.8 cm³/mol. The van der Waals surface area contributed by atoms with Crippen molar-refractivity contribution in [1.29, 1.82) is 0 Å². The van der Waals surface area contributed by atoms with Crippen LogP contribution in [0.15, 0.2) is 23.0 Å². The molecular weight excluding hydrogens is 244 g/mol. The molecule has 1 aromatic carbocycles. The number of H-pyrrole nitrogens is 1. The third-order valence-electron chi connectivity index (χ3n) is 3.42. The van der Waals surface area contributed by atoms with E-state index in [2.05, 4.69) is 18.8 Å². The molecule has 2 rings (SSSR count). The van der Waals surface area contributed by atoms with Crippen LogP contribution in [0.5, 0.6) is 0 Å². The number of aromatic amines is 1. The van der Waals surface area contributed by atoms with Gasteiger partial charge in [0.05, 0.1) is 16.6 Å². The lowest BCUT2D eigenvalue weighted by Gasteiger charge is -2.15. The van der Waals surface area contributed by atoms with E-state index >= 15 is 0 Å². The molecule has 0 fully saturated rings. The zero-order valence-corrected chi connectivity index (χ0v) is 11.1. The second kappa shape index (κ2) is 5.30. The molecule has 0 aliphatic heterocycles. The summed E-state index contributed by atoms with van der Waals surface area (Å²) < 4.78 is 1.74. The molecule has 1 unspecified atom stereocenters. The quantitative estimate of drug-likeness (QED) is 0.870. The smallest absolute Gasteiger partial charge is 0.335 e. The number of nitrogens with one attached hydrogen (secondary N) is 1. The van der Waals surface area contributed by atoms with E-state index < -0.39 is 5.97 Å². The number of carbonyl (C=O) groups is 1. The van der Waals surface area contributed by atoms with Crippen LogP contribution in [-0.2, 0) is 0 Å². The van der Waals surface area contributed by atoms with E-state index in [1.54, 1.807) is 10.6 Å². The van der Waals surface area contributed by atoms with Gasteiger partial charge < -0.3 is 10.1 Å². The fraction of sp³-hybridized carbons (Fsp3) is 0.429. The zero-order valence-electron chi connectivity index (χ0n) is 11.1. The lowest BCUT2D eigenvalue weighted by atomic mass is 10.1. The maximum Gasteiger partial charge on any atom is 0.335 e. The first-order chi connectivity index (χ1) is 9.08. The molecule has 2 aromatic rings. The van der Waals surface area contributed by atoms with E-state index in [-0.39, 0.29) is 17.3 Å². The molecule has 0 saturated heterocycles. The molecule has 0 amide bonds. The summed E-state index contributed by atoms with van der Waals surface area (Å²) >= 11 is 0. The van der Waals surface area contributed by atoms with Gasteiger partial charge in [0.2, 0.25) is 0 Å². The van der Waals surface area contributed by atoms with Crippen molar-refractivity contribution in [1.82, 2.24) is 9.55 Å². The Hall–Kier alpha value is -2.04. The normalized spacial score (nSPS) is 12.7. The molecule has 2 N–H and O–H groups in total. The van der Waals surface area contributed by atoms with Crippen LogP contribution in [0, 0.1) is 0 Å². The van der Waals surface area contributed by atoms with Crippen molar-refractivity contribution in [2.45, 2.75) is 39.2 Å². The van der Waals surface area contributed by atoms with Crippen molar-refractivity contribution in [3.8, 4) is 0 Å². The Morgan fingerprint density at radius 3 is 2.74 bits per heavy atom. The second-order valence-corrected chi connectivity index (χ2v) is 4.69. The summed E-state index contributed by atoms with van der Waals surface area (Å²) in [5.41, 5.74) is 1.37. The van der Waals surface area contributed by atoms with Gasteiger partial charge in [-0.1, -0.05) is 20.3 Å².